The molecule has 0 unspecified atom stereocenters. The molecule has 0 saturated heterocycles. The van der Waals surface area contributed by atoms with Gasteiger partial charge in [-0.2, -0.15) is 0 Å². The molecule has 0 aromatic carbocycles. The predicted octanol–water partition coefficient (Wildman–Crippen LogP) is 1.98. The van der Waals surface area contributed by atoms with Crippen molar-refractivity contribution >= 4 is 0 Å². The van der Waals surface area contributed by atoms with E-state index in [0.717, 1.165) is 0 Å². The maximum absolute atomic E-state index is 4.92. The number of hydrogen-bond donors (Lipinski definition) is 2. The molecule has 0 aromatic heterocycles. The molecule has 0 spiro atoms. The summed E-state index contributed by atoms with van der Waals surface area (Å²) in [4.78, 5) is 0. The summed E-state index contributed by atoms with van der Waals surface area (Å²) in [5, 5.41) is 0. The molecule has 4 N–H and O–H groups in total. The van der Waals surface area contributed by atoms with Crippen molar-refractivity contribution in [2.45, 2.75) is 27.7 Å². The molecule has 0 radical (unpaired) electrons. The van der Waals surface area contributed by atoms with E-state index in [1.54, 1.807) is 13.8 Å². The summed E-state index contributed by atoms with van der Waals surface area (Å²) in [5.41, 5.74) is 11.2. The van der Waals surface area contributed by atoms with E-state index in [2.05, 4.69) is 13.2 Å². The van der Waals surface area contributed by atoms with Crippen molar-refractivity contribution in [2.75, 3.05) is 0 Å². The molecule has 0 aliphatic heterocycles. The highest BCUT2D eigenvalue weighted by Crippen LogP contribution is 1.59. The van der Waals surface area contributed by atoms with Gasteiger partial charge in [-0.25, -0.2) is 0 Å². The average molecular weight is 144 g/mol. The van der Waals surface area contributed by atoms with E-state index < -0.39 is 0 Å². The minimum Gasteiger partial charge on any atom is -0.403 e. The fourth-order valence-electron chi connectivity index (χ4n) is 0. The number of nitrogens with two attached hydrogens (primary N) is 2. The zero-order valence-electron chi connectivity index (χ0n) is 7.57. The van der Waals surface area contributed by atoms with Gasteiger partial charge < -0.3 is 11.5 Å². The standard InChI is InChI=1S/2C3H7N.C2H6/c2*1-3(2)4;1-2/h2*1,4H2,2H3;1-2H3. The summed E-state index contributed by atoms with van der Waals surface area (Å²) in [7, 11) is 0. The van der Waals surface area contributed by atoms with E-state index in [0.29, 0.717) is 11.4 Å². The Balaban J connectivity index is -0.0000000787. The Morgan fingerprint density at radius 2 is 0.900 bits per heavy atom. The molecular formula is C8H20N2. The van der Waals surface area contributed by atoms with Crippen molar-refractivity contribution in [1.82, 2.24) is 0 Å². The van der Waals surface area contributed by atoms with Crippen LogP contribution in [0, 0.1) is 0 Å². The third-order valence-corrected chi connectivity index (χ3v) is 0. The molecule has 62 valence electrons. The lowest BCUT2D eigenvalue weighted by Gasteiger charge is -1.69. The molecule has 0 amide bonds. The normalized spacial score (nSPS) is 5.60. The van der Waals surface area contributed by atoms with E-state index in [9.17, 15) is 0 Å². The molecule has 0 aliphatic rings. The van der Waals surface area contributed by atoms with E-state index in [-0.39, 0.29) is 0 Å². The van der Waals surface area contributed by atoms with Crippen LogP contribution in [0.2, 0.25) is 0 Å². The van der Waals surface area contributed by atoms with Crippen molar-refractivity contribution in [3.8, 4) is 0 Å². The molecule has 0 bridgehead atoms. The van der Waals surface area contributed by atoms with Gasteiger partial charge in [0.05, 0.1) is 0 Å². The van der Waals surface area contributed by atoms with Gasteiger partial charge in [-0.05, 0) is 25.2 Å². The van der Waals surface area contributed by atoms with E-state index in [4.69, 9.17) is 11.5 Å². The van der Waals surface area contributed by atoms with Crippen LogP contribution in [0.3, 0.4) is 0 Å². The fraction of sp³-hybridized carbons (Fsp3) is 0.500. The lowest BCUT2D eigenvalue weighted by Crippen LogP contribution is -1.83. The highest BCUT2D eigenvalue weighted by atomic mass is 14.5. The SMILES string of the molecule is C=C(C)N.C=C(C)N.CC. The maximum Gasteiger partial charge on any atom is -0.00242 e. The Labute approximate surface area is 64.6 Å². The molecule has 10 heavy (non-hydrogen) atoms. The second-order valence-electron chi connectivity index (χ2n) is 1.69. The van der Waals surface area contributed by atoms with Crippen LogP contribution in [0.4, 0.5) is 0 Å². The third kappa shape index (κ3) is 309. The minimum atomic E-state index is 0.667. The molecular weight excluding hydrogens is 124 g/mol. The van der Waals surface area contributed by atoms with Gasteiger partial charge in [0.15, 0.2) is 0 Å². The zero-order chi connectivity index (χ0) is 9.15. The highest BCUT2D eigenvalue weighted by Gasteiger charge is 1.50. The van der Waals surface area contributed by atoms with Crippen LogP contribution >= 0.6 is 0 Å². The van der Waals surface area contributed by atoms with Gasteiger partial charge >= 0.3 is 0 Å². The topological polar surface area (TPSA) is 52.0 Å². The maximum atomic E-state index is 4.92. The van der Waals surface area contributed by atoms with E-state index in [1.165, 1.54) is 0 Å². The van der Waals surface area contributed by atoms with Crippen LogP contribution in [0.5, 0.6) is 0 Å². The molecule has 0 atom stereocenters. The van der Waals surface area contributed by atoms with E-state index >= 15 is 0 Å². The summed E-state index contributed by atoms with van der Waals surface area (Å²) < 4.78 is 0. The first-order valence-corrected chi connectivity index (χ1v) is 3.28. The van der Waals surface area contributed by atoms with Gasteiger partial charge in [-0.15, -0.1) is 0 Å². The molecule has 0 aliphatic carbocycles. The Hall–Kier alpha value is -0.920. The molecule has 0 aromatic rings. The van der Waals surface area contributed by atoms with Crippen LogP contribution in [0.15, 0.2) is 24.6 Å². The third-order valence-electron chi connectivity index (χ3n) is 0. The highest BCUT2D eigenvalue weighted by molar-refractivity contribution is 4.76. The molecule has 0 rings (SSSR count). The first kappa shape index (κ1) is 16.0. The van der Waals surface area contributed by atoms with Gasteiger partial charge in [-0.1, -0.05) is 27.0 Å². The van der Waals surface area contributed by atoms with Crippen molar-refractivity contribution in [2.24, 2.45) is 11.5 Å². The summed E-state index contributed by atoms with van der Waals surface area (Å²) in [6.45, 7) is 14.2. The van der Waals surface area contributed by atoms with Crippen LogP contribution in [-0.4, -0.2) is 0 Å². The smallest absolute Gasteiger partial charge is 0.00242 e. The minimum absolute atomic E-state index is 0.667. The lowest BCUT2D eigenvalue weighted by molar-refractivity contribution is 1.34. The Kier molecular flexibility index (Phi) is 25.2. The molecule has 0 heterocycles. The van der Waals surface area contributed by atoms with Gasteiger partial charge in [0.2, 0.25) is 0 Å². The first-order valence-electron chi connectivity index (χ1n) is 3.28. The Morgan fingerprint density at radius 1 is 0.900 bits per heavy atom. The number of hydrogen-bond acceptors (Lipinski definition) is 2. The molecule has 2 nitrogen and oxygen atoms in total. The summed E-state index contributed by atoms with van der Waals surface area (Å²) >= 11 is 0. The molecule has 2 heteroatoms. The van der Waals surface area contributed by atoms with Crippen molar-refractivity contribution in [3.63, 3.8) is 0 Å². The Bertz CT molecular complexity index is 65.3. The van der Waals surface area contributed by atoms with E-state index in [1.807, 2.05) is 13.8 Å². The van der Waals surface area contributed by atoms with Crippen LogP contribution in [0.1, 0.15) is 27.7 Å². The van der Waals surface area contributed by atoms with Crippen LogP contribution in [-0.2, 0) is 0 Å². The molecule has 0 fully saturated rings. The first-order chi connectivity index (χ1) is 4.46. The quantitative estimate of drug-likeness (QED) is 0.546. The average Bonchev–Trinajstić information content (AvgIpc) is 1.66. The number of allylic oxidation sites excluding steroid dienone is 2. The summed E-state index contributed by atoms with van der Waals surface area (Å²) in [6.07, 6.45) is 0. The monoisotopic (exact) mass is 144 g/mol. The zero-order valence-corrected chi connectivity index (χ0v) is 7.57. The van der Waals surface area contributed by atoms with Crippen molar-refractivity contribution in [3.05, 3.63) is 24.6 Å². The van der Waals surface area contributed by atoms with Crippen LogP contribution < -0.4 is 11.5 Å². The van der Waals surface area contributed by atoms with Gasteiger partial charge in [0.25, 0.3) is 0 Å². The van der Waals surface area contributed by atoms with Crippen molar-refractivity contribution < 1.29 is 0 Å². The largest absolute Gasteiger partial charge is 0.403 e. The van der Waals surface area contributed by atoms with Crippen LogP contribution in [0.25, 0.3) is 0 Å². The Morgan fingerprint density at radius 3 is 0.900 bits per heavy atom. The lowest BCUT2D eigenvalue weighted by atomic mass is 10.6. The predicted molar refractivity (Wildman–Crippen MR) is 49.4 cm³/mol. The summed E-state index contributed by atoms with van der Waals surface area (Å²) in [5.74, 6) is 0. The van der Waals surface area contributed by atoms with Gasteiger partial charge in [-0.3, -0.25) is 0 Å². The fourth-order valence-corrected chi connectivity index (χ4v) is 0. The molecule has 0 saturated carbocycles. The number of rotatable bonds is 0. The van der Waals surface area contributed by atoms with Gasteiger partial charge in [0, 0.05) is 0 Å². The van der Waals surface area contributed by atoms with Gasteiger partial charge in [0.1, 0.15) is 0 Å². The van der Waals surface area contributed by atoms with Crippen molar-refractivity contribution in [1.29, 1.82) is 0 Å². The summed E-state index contributed by atoms with van der Waals surface area (Å²) in [6, 6.07) is 0. The second kappa shape index (κ2) is 15.7. The second-order valence-corrected chi connectivity index (χ2v) is 1.69.